The van der Waals surface area contributed by atoms with Crippen molar-refractivity contribution in [2.75, 3.05) is 13.2 Å². The normalized spacial score (nSPS) is 12.5. The van der Waals surface area contributed by atoms with Crippen LogP contribution >= 0.6 is 0 Å². The van der Waals surface area contributed by atoms with Crippen LogP contribution in [0.5, 0.6) is 0 Å². The van der Waals surface area contributed by atoms with Gasteiger partial charge in [0.2, 0.25) is 5.91 Å². The van der Waals surface area contributed by atoms with Crippen LogP contribution in [-0.4, -0.2) is 33.7 Å². The van der Waals surface area contributed by atoms with Crippen LogP contribution in [0, 0.1) is 25.7 Å². The highest BCUT2D eigenvalue weighted by atomic mass is 16.3. The molecule has 1 unspecified atom stereocenters. The van der Waals surface area contributed by atoms with E-state index in [9.17, 15) is 14.7 Å². The van der Waals surface area contributed by atoms with Crippen molar-refractivity contribution in [3.8, 4) is 0 Å². The molecule has 1 amide bonds. The van der Waals surface area contributed by atoms with Crippen LogP contribution in [0.1, 0.15) is 25.2 Å². The molecule has 1 rings (SSSR count). The number of amides is 1. The Balaban J connectivity index is 2.66. The third-order valence-corrected chi connectivity index (χ3v) is 3.39. The molecule has 2 N–H and O–H groups in total. The highest BCUT2D eigenvalue weighted by Crippen LogP contribution is 2.08. The van der Waals surface area contributed by atoms with Crippen molar-refractivity contribution >= 4 is 5.91 Å². The van der Waals surface area contributed by atoms with Crippen molar-refractivity contribution in [3.05, 3.63) is 27.9 Å². The van der Waals surface area contributed by atoms with Gasteiger partial charge in [0.25, 0.3) is 0 Å². The molecule has 0 aliphatic carbocycles. The van der Waals surface area contributed by atoms with E-state index in [1.165, 1.54) is 4.57 Å². The van der Waals surface area contributed by atoms with Crippen molar-refractivity contribution in [1.29, 1.82) is 0 Å². The summed E-state index contributed by atoms with van der Waals surface area (Å²) >= 11 is 0. The summed E-state index contributed by atoms with van der Waals surface area (Å²) in [5.41, 5.74) is 0.935. The summed E-state index contributed by atoms with van der Waals surface area (Å²) in [6.45, 7) is 7.88. The van der Waals surface area contributed by atoms with Crippen LogP contribution < -0.4 is 11.0 Å². The number of aliphatic hydroxyl groups excluding tert-OH is 1. The average molecular weight is 281 g/mol. The number of aromatic nitrogens is 2. The van der Waals surface area contributed by atoms with Gasteiger partial charge >= 0.3 is 5.69 Å². The fourth-order valence-electron chi connectivity index (χ4n) is 1.92. The van der Waals surface area contributed by atoms with E-state index < -0.39 is 5.69 Å². The third-order valence-electron chi connectivity index (χ3n) is 3.39. The van der Waals surface area contributed by atoms with E-state index in [-0.39, 0.29) is 30.9 Å². The largest absolute Gasteiger partial charge is 0.396 e. The summed E-state index contributed by atoms with van der Waals surface area (Å²) in [6, 6.07) is 1.76. The number of carbonyl (C=O) groups excluding carboxylic acids is 1. The second-order valence-corrected chi connectivity index (χ2v) is 5.40. The maximum atomic E-state index is 11.9. The Bertz CT molecular complexity index is 523. The van der Waals surface area contributed by atoms with E-state index in [4.69, 9.17) is 0 Å². The summed E-state index contributed by atoms with van der Waals surface area (Å²) in [7, 11) is 0. The maximum Gasteiger partial charge on any atom is 0.348 e. The van der Waals surface area contributed by atoms with Gasteiger partial charge in [0.05, 0.1) is 0 Å². The fourth-order valence-corrected chi connectivity index (χ4v) is 1.92. The Morgan fingerprint density at radius 2 is 2.10 bits per heavy atom. The number of hydrogen-bond donors (Lipinski definition) is 2. The van der Waals surface area contributed by atoms with Crippen LogP contribution in [0.4, 0.5) is 0 Å². The molecule has 0 fully saturated rings. The van der Waals surface area contributed by atoms with Gasteiger partial charge in [-0.05, 0) is 25.8 Å². The number of rotatable bonds is 6. The van der Waals surface area contributed by atoms with Crippen molar-refractivity contribution in [1.82, 2.24) is 14.9 Å². The SMILES string of the molecule is Cc1cc(C)n(CC(=O)NCC(CO)C(C)C)c(=O)n1. The maximum absolute atomic E-state index is 11.9. The first kappa shape index (κ1) is 16.4. The van der Waals surface area contributed by atoms with E-state index in [2.05, 4.69) is 10.3 Å². The molecule has 1 aromatic rings. The Kier molecular flexibility index (Phi) is 5.88. The lowest BCUT2D eigenvalue weighted by Crippen LogP contribution is -2.38. The zero-order valence-corrected chi connectivity index (χ0v) is 12.5. The molecule has 0 spiro atoms. The monoisotopic (exact) mass is 281 g/mol. The van der Waals surface area contributed by atoms with Crippen LogP contribution in [-0.2, 0) is 11.3 Å². The highest BCUT2D eigenvalue weighted by Gasteiger charge is 2.14. The second-order valence-electron chi connectivity index (χ2n) is 5.40. The van der Waals surface area contributed by atoms with E-state index in [0.29, 0.717) is 17.9 Å². The van der Waals surface area contributed by atoms with Gasteiger partial charge in [-0.25, -0.2) is 4.79 Å². The first-order valence-corrected chi connectivity index (χ1v) is 6.77. The molecule has 20 heavy (non-hydrogen) atoms. The Morgan fingerprint density at radius 3 is 2.60 bits per heavy atom. The number of aryl methyl sites for hydroxylation is 2. The van der Waals surface area contributed by atoms with Gasteiger partial charge < -0.3 is 10.4 Å². The van der Waals surface area contributed by atoms with E-state index in [1.807, 2.05) is 13.8 Å². The molecule has 1 aromatic heterocycles. The molecule has 112 valence electrons. The van der Waals surface area contributed by atoms with Gasteiger partial charge in [-0.1, -0.05) is 13.8 Å². The average Bonchev–Trinajstić information content (AvgIpc) is 2.34. The van der Waals surface area contributed by atoms with E-state index in [0.717, 1.165) is 0 Å². The molecule has 0 aliphatic heterocycles. The fraction of sp³-hybridized carbons (Fsp3) is 0.643. The van der Waals surface area contributed by atoms with Crippen LogP contribution in [0.25, 0.3) is 0 Å². The second kappa shape index (κ2) is 7.19. The molecular formula is C14H23N3O3. The zero-order valence-electron chi connectivity index (χ0n) is 12.5. The number of nitrogens with one attached hydrogen (secondary N) is 1. The molecule has 6 heteroatoms. The van der Waals surface area contributed by atoms with Gasteiger partial charge in [-0.2, -0.15) is 4.98 Å². The molecule has 0 aliphatic rings. The molecule has 1 atom stereocenters. The predicted molar refractivity (Wildman–Crippen MR) is 76.4 cm³/mol. The Morgan fingerprint density at radius 1 is 1.45 bits per heavy atom. The lowest BCUT2D eigenvalue weighted by atomic mass is 9.97. The molecule has 0 radical (unpaired) electrons. The first-order valence-electron chi connectivity index (χ1n) is 6.77. The van der Waals surface area contributed by atoms with Crippen LogP contribution in [0.15, 0.2) is 10.9 Å². The quantitative estimate of drug-likeness (QED) is 0.782. The smallest absolute Gasteiger partial charge is 0.348 e. The predicted octanol–water partition coefficient (Wildman–Crippen LogP) is 0.241. The molecular weight excluding hydrogens is 258 g/mol. The molecule has 0 saturated carbocycles. The number of carbonyl (C=O) groups is 1. The standard InChI is InChI=1S/C14H23N3O3/c1-9(2)12(8-18)6-15-13(19)7-17-11(4)5-10(3)16-14(17)20/h5,9,12,18H,6-8H2,1-4H3,(H,15,19). The van der Waals surface area contributed by atoms with Gasteiger partial charge in [0, 0.05) is 30.5 Å². The first-order chi connectivity index (χ1) is 9.35. The summed E-state index contributed by atoms with van der Waals surface area (Å²) in [5, 5.41) is 11.9. The number of nitrogens with zero attached hydrogens (tertiary/aromatic N) is 2. The van der Waals surface area contributed by atoms with Crippen molar-refractivity contribution < 1.29 is 9.90 Å². The van der Waals surface area contributed by atoms with Gasteiger partial charge in [0.1, 0.15) is 6.54 Å². The van der Waals surface area contributed by atoms with Crippen LogP contribution in [0.3, 0.4) is 0 Å². The van der Waals surface area contributed by atoms with E-state index >= 15 is 0 Å². The van der Waals surface area contributed by atoms with Crippen molar-refractivity contribution in [3.63, 3.8) is 0 Å². The lowest BCUT2D eigenvalue weighted by molar-refractivity contribution is -0.122. The molecule has 6 nitrogen and oxygen atoms in total. The highest BCUT2D eigenvalue weighted by molar-refractivity contribution is 5.75. The van der Waals surface area contributed by atoms with Gasteiger partial charge in [-0.3, -0.25) is 9.36 Å². The van der Waals surface area contributed by atoms with E-state index in [1.54, 1.807) is 19.9 Å². The zero-order chi connectivity index (χ0) is 15.3. The van der Waals surface area contributed by atoms with Crippen molar-refractivity contribution in [2.45, 2.75) is 34.2 Å². The molecule has 1 heterocycles. The summed E-state index contributed by atoms with van der Waals surface area (Å²) in [6.07, 6.45) is 0. The summed E-state index contributed by atoms with van der Waals surface area (Å²) in [4.78, 5) is 27.4. The molecule has 0 bridgehead atoms. The lowest BCUT2D eigenvalue weighted by Gasteiger charge is -2.19. The Hall–Kier alpha value is -1.69. The minimum absolute atomic E-state index is 0.0212. The van der Waals surface area contributed by atoms with Gasteiger partial charge in [0.15, 0.2) is 0 Å². The minimum Gasteiger partial charge on any atom is -0.396 e. The summed E-state index contributed by atoms with van der Waals surface area (Å²) in [5.74, 6) is 0.0543. The number of aliphatic hydroxyl groups is 1. The third kappa shape index (κ3) is 4.45. The summed E-state index contributed by atoms with van der Waals surface area (Å²) < 4.78 is 1.34. The molecule has 0 saturated heterocycles. The molecule has 0 aromatic carbocycles. The minimum atomic E-state index is -0.416. The van der Waals surface area contributed by atoms with Gasteiger partial charge in [-0.15, -0.1) is 0 Å². The number of hydrogen-bond acceptors (Lipinski definition) is 4. The topological polar surface area (TPSA) is 84.2 Å². The Labute approximate surface area is 118 Å². The van der Waals surface area contributed by atoms with Crippen molar-refractivity contribution in [2.24, 2.45) is 11.8 Å². The van der Waals surface area contributed by atoms with Crippen LogP contribution in [0.2, 0.25) is 0 Å².